The molecule has 0 bridgehead atoms. The fourth-order valence-corrected chi connectivity index (χ4v) is 4.31. The zero-order valence-electron chi connectivity index (χ0n) is 14.0. The largest absolute Gasteiger partial charge is 0.373 e. The summed E-state index contributed by atoms with van der Waals surface area (Å²) in [6.45, 7) is 2.18. The third-order valence-electron chi connectivity index (χ3n) is 5.59. The highest BCUT2D eigenvalue weighted by molar-refractivity contribution is 5.94. The van der Waals surface area contributed by atoms with E-state index in [4.69, 9.17) is 9.47 Å². The Morgan fingerprint density at radius 2 is 2.12 bits per heavy atom. The Balaban J connectivity index is 1.45. The number of fused-ring (bicyclic) bond motifs is 1. The Morgan fingerprint density at radius 3 is 2.92 bits per heavy atom. The third kappa shape index (κ3) is 3.17. The lowest BCUT2D eigenvalue weighted by molar-refractivity contribution is -0.0821. The van der Waals surface area contributed by atoms with Crippen LogP contribution >= 0.6 is 0 Å². The van der Waals surface area contributed by atoms with Gasteiger partial charge in [-0.15, -0.1) is 0 Å². The normalized spacial score (nSPS) is 30.5. The summed E-state index contributed by atoms with van der Waals surface area (Å²) >= 11 is 0. The van der Waals surface area contributed by atoms with E-state index in [9.17, 15) is 4.79 Å². The van der Waals surface area contributed by atoms with Crippen LogP contribution in [-0.2, 0) is 9.47 Å². The molecule has 3 atom stereocenters. The Morgan fingerprint density at radius 1 is 1.25 bits per heavy atom. The third-order valence-corrected chi connectivity index (χ3v) is 5.59. The molecule has 0 N–H and O–H groups in total. The van der Waals surface area contributed by atoms with Crippen molar-refractivity contribution in [3.8, 4) is 0 Å². The molecular weight excluding hydrogens is 306 g/mol. The van der Waals surface area contributed by atoms with Crippen LogP contribution in [0.1, 0.15) is 48.9 Å². The maximum absolute atomic E-state index is 12.9. The molecule has 130 valence electrons. The number of amides is 1. The monoisotopic (exact) mass is 331 g/mol. The van der Waals surface area contributed by atoms with Crippen LogP contribution in [-0.4, -0.2) is 59.0 Å². The molecule has 0 spiro atoms. The number of carbonyl (C=O) groups is 1. The molecule has 1 amide bonds. The molecule has 3 aliphatic rings. The summed E-state index contributed by atoms with van der Waals surface area (Å²) in [6.07, 6.45) is 10.3. The molecule has 1 saturated carbocycles. The SMILES string of the molecule is O=C(c1ccnnc1)N1C[C@@H](OCC2CCCC2)[C@H]2OCCC[C@H]21. The Kier molecular flexibility index (Phi) is 4.76. The Labute approximate surface area is 142 Å². The van der Waals surface area contributed by atoms with Gasteiger partial charge in [0.1, 0.15) is 12.2 Å². The van der Waals surface area contributed by atoms with Gasteiger partial charge >= 0.3 is 0 Å². The van der Waals surface area contributed by atoms with Crippen molar-refractivity contribution in [2.75, 3.05) is 19.8 Å². The number of aromatic nitrogens is 2. The molecule has 1 aliphatic carbocycles. The number of hydrogen-bond acceptors (Lipinski definition) is 5. The average molecular weight is 331 g/mol. The van der Waals surface area contributed by atoms with Crippen molar-refractivity contribution in [2.24, 2.45) is 5.92 Å². The van der Waals surface area contributed by atoms with E-state index >= 15 is 0 Å². The van der Waals surface area contributed by atoms with Crippen LogP contribution in [0.2, 0.25) is 0 Å². The number of rotatable bonds is 4. The van der Waals surface area contributed by atoms with E-state index in [-0.39, 0.29) is 24.2 Å². The molecule has 24 heavy (non-hydrogen) atoms. The van der Waals surface area contributed by atoms with Gasteiger partial charge in [0.2, 0.25) is 0 Å². The number of ether oxygens (including phenoxy) is 2. The molecule has 0 aromatic carbocycles. The molecule has 1 aromatic heterocycles. The van der Waals surface area contributed by atoms with Crippen molar-refractivity contribution in [3.63, 3.8) is 0 Å². The summed E-state index contributed by atoms with van der Waals surface area (Å²) < 4.78 is 12.2. The maximum Gasteiger partial charge on any atom is 0.255 e. The van der Waals surface area contributed by atoms with Gasteiger partial charge in [0.05, 0.1) is 30.5 Å². The first kappa shape index (κ1) is 16.0. The van der Waals surface area contributed by atoms with Gasteiger partial charge in [-0.05, 0) is 37.7 Å². The highest BCUT2D eigenvalue weighted by atomic mass is 16.5. The van der Waals surface area contributed by atoms with Crippen LogP contribution in [0.25, 0.3) is 0 Å². The molecule has 2 aliphatic heterocycles. The Bertz CT molecular complexity index is 562. The van der Waals surface area contributed by atoms with Crippen molar-refractivity contribution in [1.82, 2.24) is 15.1 Å². The lowest BCUT2D eigenvalue weighted by Crippen LogP contribution is -2.44. The number of likely N-dealkylation sites (tertiary alicyclic amines) is 1. The fraction of sp³-hybridized carbons (Fsp3) is 0.722. The van der Waals surface area contributed by atoms with E-state index in [1.807, 2.05) is 4.90 Å². The summed E-state index contributed by atoms with van der Waals surface area (Å²) in [5, 5.41) is 7.58. The highest BCUT2D eigenvalue weighted by Gasteiger charge is 2.47. The lowest BCUT2D eigenvalue weighted by atomic mass is 10.0. The molecular formula is C18H25N3O3. The van der Waals surface area contributed by atoms with Gasteiger partial charge in [0.15, 0.2) is 0 Å². The predicted octanol–water partition coefficient (Wildman–Crippen LogP) is 2.06. The second-order valence-corrected chi connectivity index (χ2v) is 7.16. The first-order chi connectivity index (χ1) is 11.8. The van der Waals surface area contributed by atoms with E-state index in [0.29, 0.717) is 18.0 Å². The van der Waals surface area contributed by atoms with E-state index in [1.54, 1.807) is 12.3 Å². The summed E-state index contributed by atoms with van der Waals surface area (Å²) in [5.41, 5.74) is 0.589. The van der Waals surface area contributed by atoms with E-state index in [2.05, 4.69) is 10.2 Å². The second kappa shape index (κ2) is 7.15. The first-order valence-electron chi connectivity index (χ1n) is 9.14. The summed E-state index contributed by atoms with van der Waals surface area (Å²) in [5.74, 6) is 0.693. The maximum atomic E-state index is 12.9. The van der Waals surface area contributed by atoms with Crippen LogP contribution in [0.3, 0.4) is 0 Å². The van der Waals surface area contributed by atoms with Gasteiger partial charge in [-0.1, -0.05) is 12.8 Å². The molecule has 0 unspecified atom stereocenters. The zero-order valence-corrected chi connectivity index (χ0v) is 14.0. The molecule has 6 nitrogen and oxygen atoms in total. The number of nitrogens with zero attached hydrogens (tertiary/aromatic N) is 3. The van der Waals surface area contributed by atoms with E-state index in [1.165, 1.54) is 31.9 Å². The lowest BCUT2D eigenvalue weighted by Gasteiger charge is -2.32. The summed E-state index contributed by atoms with van der Waals surface area (Å²) in [6, 6.07) is 1.84. The smallest absolute Gasteiger partial charge is 0.255 e. The van der Waals surface area contributed by atoms with Crippen LogP contribution in [0.5, 0.6) is 0 Å². The quantitative estimate of drug-likeness (QED) is 0.845. The van der Waals surface area contributed by atoms with Gasteiger partial charge < -0.3 is 14.4 Å². The van der Waals surface area contributed by atoms with Crippen LogP contribution < -0.4 is 0 Å². The van der Waals surface area contributed by atoms with E-state index in [0.717, 1.165) is 26.1 Å². The average Bonchev–Trinajstić information content (AvgIpc) is 3.28. The van der Waals surface area contributed by atoms with Crippen LogP contribution in [0, 0.1) is 5.92 Å². The first-order valence-corrected chi connectivity index (χ1v) is 9.14. The van der Waals surface area contributed by atoms with Gasteiger partial charge in [-0.3, -0.25) is 4.79 Å². The molecule has 3 fully saturated rings. The van der Waals surface area contributed by atoms with Crippen molar-refractivity contribution >= 4 is 5.91 Å². The minimum absolute atomic E-state index is 0.00496. The van der Waals surface area contributed by atoms with Gasteiger partial charge in [-0.2, -0.15) is 10.2 Å². The molecule has 0 radical (unpaired) electrons. The van der Waals surface area contributed by atoms with Crippen LogP contribution in [0.4, 0.5) is 0 Å². The van der Waals surface area contributed by atoms with Gasteiger partial charge in [-0.25, -0.2) is 0 Å². The highest BCUT2D eigenvalue weighted by Crippen LogP contribution is 2.33. The molecule has 4 rings (SSSR count). The van der Waals surface area contributed by atoms with E-state index < -0.39 is 0 Å². The predicted molar refractivity (Wildman–Crippen MR) is 87.5 cm³/mol. The van der Waals surface area contributed by atoms with Crippen LogP contribution in [0.15, 0.2) is 18.5 Å². The van der Waals surface area contributed by atoms with Crippen molar-refractivity contribution in [3.05, 3.63) is 24.0 Å². The minimum Gasteiger partial charge on any atom is -0.373 e. The second-order valence-electron chi connectivity index (χ2n) is 7.16. The van der Waals surface area contributed by atoms with Gasteiger partial charge in [0.25, 0.3) is 5.91 Å². The Hall–Kier alpha value is -1.53. The number of carbonyl (C=O) groups excluding carboxylic acids is 1. The topological polar surface area (TPSA) is 64.6 Å². The molecule has 3 heterocycles. The summed E-state index contributed by atoms with van der Waals surface area (Å²) in [4.78, 5) is 14.8. The van der Waals surface area contributed by atoms with Crippen molar-refractivity contribution in [2.45, 2.75) is 56.8 Å². The standard InChI is InChI=1S/C18H25N3O3/c22-18(14-7-8-19-20-10-14)21-11-16(17-15(21)6-3-9-23-17)24-12-13-4-1-2-5-13/h7-8,10,13,15-17H,1-6,9,11-12H2/t15-,16-,17+/m1/s1. The van der Waals surface area contributed by atoms with Gasteiger partial charge in [0, 0.05) is 13.2 Å². The fourth-order valence-electron chi connectivity index (χ4n) is 4.31. The molecule has 2 saturated heterocycles. The molecule has 1 aromatic rings. The number of hydrogen-bond donors (Lipinski definition) is 0. The molecule has 6 heteroatoms. The van der Waals surface area contributed by atoms with Crippen molar-refractivity contribution in [1.29, 1.82) is 0 Å². The minimum atomic E-state index is -0.00496. The summed E-state index contributed by atoms with van der Waals surface area (Å²) in [7, 11) is 0. The zero-order chi connectivity index (χ0) is 16.4. The van der Waals surface area contributed by atoms with Crippen molar-refractivity contribution < 1.29 is 14.3 Å².